The number of benzene rings is 2. The van der Waals surface area contributed by atoms with Crippen molar-refractivity contribution in [3.05, 3.63) is 42.5 Å². The van der Waals surface area contributed by atoms with E-state index in [0.717, 1.165) is 29.3 Å². The van der Waals surface area contributed by atoms with Crippen molar-refractivity contribution >= 4 is 22.4 Å². The fourth-order valence-electron chi connectivity index (χ4n) is 2.94. The molecule has 100 valence electrons. The molecule has 0 heterocycles. The first-order chi connectivity index (χ1) is 9.75. The predicted molar refractivity (Wildman–Crippen MR) is 79.1 cm³/mol. The minimum Gasteiger partial charge on any atom is -0.324 e. The molecule has 0 aromatic heterocycles. The quantitative estimate of drug-likeness (QED) is 0.895. The van der Waals surface area contributed by atoms with Crippen LogP contribution < -0.4 is 5.32 Å². The smallest absolute Gasteiger partial charge is 0.244 e. The molecule has 0 aliphatic heterocycles. The van der Waals surface area contributed by atoms with E-state index < -0.39 is 5.41 Å². The lowest BCUT2D eigenvalue weighted by Gasteiger charge is -2.20. The maximum absolute atomic E-state index is 12.5. The number of hydrogen-bond acceptors (Lipinski definition) is 2. The van der Waals surface area contributed by atoms with Crippen LogP contribution in [0.4, 0.5) is 5.69 Å². The number of carbonyl (C=O) groups is 1. The number of hydrogen-bond donors (Lipinski definition) is 1. The molecule has 0 radical (unpaired) electrons. The van der Waals surface area contributed by atoms with E-state index in [4.69, 9.17) is 0 Å². The van der Waals surface area contributed by atoms with Crippen molar-refractivity contribution in [3.8, 4) is 6.07 Å². The Morgan fingerprint density at radius 1 is 1.10 bits per heavy atom. The summed E-state index contributed by atoms with van der Waals surface area (Å²) in [4.78, 5) is 12.5. The maximum Gasteiger partial charge on any atom is 0.244 e. The summed E-state index contributed by atoms with van der Waals surface area (Å²) >= 11 is 0. The fourth-order valence-corrected chi connectivity index (χ4v) is 2.94. The van der Waals surface area contributed by atoms with E-state index in [-0.39, 0.29) is 5.91 Å². The van der Waals surface area contributed by atoms with Crippen molar-refractivity contribution in [1.29, 1.82) is 5.26 Å². The first-order valence-corrected chi connectivity index (χ1v) is 6.96. The Bertz CT molecular complexity index is 688. The van der Waals surface area contributed by atoms with Gasteiger partial charge in [-0.3, -0.25) is 4.79 Å². The second-order valence-corrected chi connectivity index (χ2v) is 5.38. The molecule has 1 aliphatic rings. The summed E-state index contributed by atoms with van der Waals surface area (Å²) in [6.07, 6.45) is 3.24. The lowest BCUT2D eigenvalue weighted by atomic mass is 9.87. The summed E-state index contributed by atoms with van der Waals surface area (Å²) in [7, 11) is 0. The summed E-state index contributed by atoms with van der Waals surface area (Å²) < 4.78 is 0. The second-order valence-electron chi connectivity index (χ2n) is 5.38. The van der Waals surface area contributed by atoms with Crippen molar-refractivity contribution in [2.45, 2.75) is 25.7 Å². The Labute approximate surface area is 118 Å². The molecular weight excluding hydrogens is 248 g/mol. The van der Waals surface area contributed by atoms with Crippen LogP contribution in [0, 0.1) is 16.7 Å². The molecule has 0 atom stereocenters. The number of nitrogens with one attached hydrogen (secondary N) is 1. The largest absolute Gasteiger partial charge is 0.324 e. The van der Waals surface area contributed by atoms with Crippen molar-refractivity contribution in [1.82, 2.24) is 0 Å². The zero-order valence-electron chi connectivity index (χ0n) is 11.2. The Hall–Kier alpha value is -2.34. The number of nitrogens with zero attached hydrogens (tertiary/aromatic N) is 1. The van der Waals surface area contributed by atoms with E-state index >= 15 is 0 Å². The highest BCUT2D eigenvalue weighted by atomic mass is 16.2. The van der Waals surface area contributed by atoms with Gasteiger partial charge in [-0.15, -0.1) is 0 Å². The Kier molecular flexibility index (Phi) is 3.15. The van der Waals surface area contributed by atoms with Crippen LogP contribution in [0.5, 0.6) is 0 Å². The number of rotatable bonds is 2. The van der Waals surface area contributed by atoms with Gasteiger partial charge in [0.05, 0.1) is 6.07 Å². The van der Waals surface area contributed by atoms with Gasteiger partial charge < -0.3 is 5.32 Å². The number of anilines is 1. The minimum absolute atomic E-state index is 0.158. The number of amides is 1. The molecule has 0 spiro atoms. The van der Waals surface area contributed by atoms with Gasteiger partial charge in [-0.1, -0.05) is 49.2 Å². The van der Waals surface area contributed by atoms with Crippen LogP contribution in [0.1, 0.15) is 25.7 Å². The highest BCUT2D eigenvalue weighted by molar-refractivity contribution is 6.04. The third kappa shape index (κ3) is 2.04. The standard InChI is InChI=1S/C17H16N2O/c18-12-17(10-3-4-11-17)16(20)19-15-9-5-7-13-6-1-2-8-14(13)15/h1-2,5-9H,3-4,10-11H2,(H,19,20). The monoisotopic (exact) mass is 264 g/mol. The first-order valence-electron chi connectivity index (χ1n) is 6.96. The van der Waals surface area contributed by atoms with Gasteiger partial charge in [-0.25, -0.2) is 0 Å². The van der Waals surface area contributed by atoms with Gasteiger partial charge in [-0.2, -0.15) is 5.26 Å². The molecule has 2 aromatic rings. The SMILES string of the molecule is N#CC1(C(=O)Nc2cccc3ccccc23)CCCC1. The fraction of sp³-hybridized carbons (Fsp3) is 0.294. The van der Waals surface area contributed by atoms with Gasteiger partial charge in [-0.05, 0) is 24.3 Å². The van der Waals surface area contributed by atoms with Crippen LogP contribution in [-0.2, 0) is 4.79 Å². The summed E-state index contributed by atoms with van der Waals surface area (Å²) in [5, 5.41) is 14.4. The van der Waals surface area contributed by atoms with Gasteiger partial charge >= 0.3 is 0 Å². The number of fused-ring (bicyclic) bond motifs is 1. The Morgan fingerprint density at radius 3 is 2.55 bits per heavy atom. The lowest BCUT2D eigenvalue weighted by Crippen LogP contribution is -2.32. The summed E-state index contributed by atoms with van der Waals surface area (Å²) in [6.45, 7) is 0. The van der Waals surface area contributed by atoms with E-state index in [0.29, 0.717) is 12.8 Å². The number of nitriles is 1. The van der Waals surface area contributed by atoms with Crippen LogP contribution in [0.25, 0.3) is 10.8 Å². The Balaban J connectivity index is 1.94. The molecule has 3 heteroatoms. The van der Waals surface area contributed by atoms with Crippen LogP contribution in [0.15, 0.2) is 42.5 Å². The van der Waals surface area contributed by atoms with E-state index in [2.05, 4.69) is 11.4 Å². The van der Waals surface area contributed by atoms with Crippen LogP contribution in [-0.4, -0.2) is 5.91 Å². The third-order valence-electron chi connectivity index (χ3n) is 4.14. The van der Waals surface area contributed by atoms with Gasteiger partial charge in [0.15, 0.2) is 0 Å². The predicted octanol–water partition coefficient (Wildman–Crippen LogP) is 3.86. The molecular formula is C17H16N2O. The van der Waals surface area contributed by atoms with E-state index in [1.165, 1.54) is 0 Å². The molecule has 0 unspecified atom stereocenters. The zero-order chi connectivity index (χ0) is 14.0. The molecule has 1 N–H and O–H groups in total. The van der Waals surface area contributed by atoms with Crippen molar-refractivity contribution in [2.24, 2.45) is 5.41 Å². The zero-order valence-corrected chi connectivity index (χ0v) is 11.2. The van der Waals surface area contributed by atoms with Crippen molar-refractivity contribution in [2.75, 3.05) is 5.32 Å². The molecule has 3 rings (SSSR count). The summed E-state index contributed by atoms with van der Waals surface area (Å²) in [5.74, 6) is -0.158. The molecule has 1 saturated carbocycles. The average molecular weight is 264 g/mol. The molecule has 2 aromatic carbocycles. The normalized spacial score (nSPS) is 16.8. The van der Waals surface area contributed by atoms with E-state index in [1.54, 1.807) is 0 Å². The maximum atomic E-state index is 12.5. The molecule has 1 amide bonds. The highest BCUT2D eigenvalue weighted by Crippen LogP contribution is 2.39. The molecule has 0 saturated heterocycles. The molecule has 1 fully saturated rings. The lowest BCUT2D eigenvalue weighted by molar-refractivity contribution is -0.122. The van der Waals surface area contributed by atoms with Gasteiger partial charge in [0.25, 0.3) is 0 Å². The molecule has 20 heavy (non-hydrogen) atoms. The topological polar surface area (TPSA) is 52.9 Å². The van der Waals surface area contributed by atoms with Crippen LogP contribution >= 0.6 is 0 Å². The Morgan fingerprint density at radius 2 is 1.80 bits per heavy atom. The van der Waals surface area contributed by atoms with Gasteiger partial charge in [0.1, 0.15) is 5.41 Å². The van der Waals surface area contributed by atoms with Gasteiger partial charge in [0, 0.05) is 11.1 Å². The highest BCUT2D eigenvalue weighted by Gasteiger charge is 2.41. The first kappa shape index (κ1) is 12.7. The van der Waals surface area contributed by atoms with Crippen LogP contribution in [0.3, 0.4) is 0 Å². The summed E-state index contributed by atoms with van der Waals surface area (Å²) in [5.41, 5.74) is -0.0497. The third-order valence-corrected chi connectivity index (χ3v) is 4.14. The number of carbonyl (C=O) groups excluding carboxylic acids is 1. The average Bonchev–Trinajstić information content (AvgIpc) is 2.98. The minimum atomic E-state index is -0.836. The summed E-state index contributed by atoms with van der Waals surface area (Å²) in [6, 6.07) is 16.0. The van der Waals surface area contributed by atoms with Crippen molar-refractivity contribution < 1.29 is 4.79 Å². The van der Waals surface area contributed by atoms with E-state index in [9.17, 15) is 10.1 Å². The van der Waals surface area contributed by atoms with Crippen LogP contribution in [0.2, 0.25) is 0 Å². The van der Waals surface area contributed by atoms with Crippen molar-refractivity contribution in [3.63, 3.8) is 0 Å². The molecule has 1 aliphatic carbocycles. The van der Waals surface area contributed by atoms with E-state index in [1.807, 2.05) is 42.5 Å². The van der Waals surface area contributed by atoms with Gasteiger partial charge in [0.2, 0.25) is 5.91 Å². The molecule has 3 nitrogen and oxygen atoms in total. The second kappa shape index (κ2) is 4.97. The molecule has 0 bridgehead atoms.